The first-order valence-electron chi connectivity index (χ1n) is 15.9. The molecule has 1 aliphatic carbocycles. The van der Waals surface area contributed by atoms with Crippen LogP contribution in [0, 0.1) is 0 Å². The van der Waals surface area contributed by atoms with Gasteiger partial charge in [-0.25, -0.2) is 0 Å². The van der Waals surface area contributed by atoms with E-state index >= 15 is 0 Å². The molecule has 0 radical (unpaired) electrons. The molecule has 0 unspecified atom stereocenters. The smallest absolute Gasteiger partial charge is 0.0165 e. The normalized spacial score (nSPS) is 13.7. The van der Waals surface area contributed by atoms with Crippen molar-refractivity contribution in [3.05, 3.63) is 157 Å². The van der Waals surface area contributed by atoms with E-state index in [1.807, 2.05) is 0 Å². The second-order valence-corrected chi connectivity index (χ2v) is 13.3. The molecule has 0 atom stereocenters. The van der Waals surface area contributed by atoms with E-state index < -0.39 is 0 Å². The van der Waals surface area contributed by atoms with Gasteiger partial charge in [-0.1, -0.05) is 153 Å². The van der Waals surface area contributed by atoms with Gasteiger partial charge in [0.2, 0.25) is 0 Å². The van der Waals surface area contributed by atoms with Gasteiger partial charge in [0.25, 0.3) is 0 Å². The van der Waals surface area contributed by atoms with Crippen molar-refractivity contribution in [3.8, 4) is 33.4 Å². The van der Waals surface area contributed by atoms with E-state index in [9.17, 15) is 0 Å². The lowest BCUT2D eigenvalue weighted by molar-refractivity contribution is 0.666. The molecule has 0 fully saturated rings. The van der Waals surface area contributed by atoms with Crippen LogP contribution in [-0.2, 0) is 5.41 Å². The quantitative estimate of drug-likeness (QED) is 0.181. The van der Waals surface area contributed by atoms with Crippen LogP contribution in [0.4, 0.5) is 0 Å². The standard InChI is InChI=1S/C45H30/c1-45(2)41-26-31(33-21-18-30-17-16-28-10-5-11-29-19-23-38(33)43(30)42(28)29)20-22-37(41)40-25-24-36-35(14-7-15-39(36)44(40)45)34-13-6-9-27-8-3-4-12-32(27)34/h3-26H,1-2H3. The second kappa shape index (κ2) is 8.80. The Kier molecular flexibility index (Phi) is 4.88. The summed E-state index contributed by atoms with van der Waals surface area (Å²) >= 11 is 0. The summed E-state index contributed by atoms with van der Waals surface area (Å²) in [5, 5.41) is 13.2. The summed E-state index contributed by atoms with van der Waals surface area (Å²) in [4.78, 5) is 0. The molecule has 45 heavy (non-hydrogen) atoms. The minimum absolute atomic E-state index is 0.138. The fourth-order valence-electron chi connectivity index (χ4n) is 8.54. The number of benzene rings is 9. The maximum absolute atomic E-state index is 2.47. The highest BCUT2D eigenvalue weighted by atomic mass is 14.4. The lowest BCUT2D eigenvalue weighted by Crippen LogP contribution is -2.15. The highest BCUT2D eigenvalue weighted by molar-refractivity contribution is 6.25. The van der Waals surface area contributed by atoms with Crippen molar-refractivity contribution in [2.24, 2.45) is 0 Å². The van der Waals surface area contributed by atoms with Crippen LogP contribution in [0.5, 0.6) is 0 Å². The van der Waals surface area contributed by atoms with Gasteiger partial charge in [0.05, 0.1) is 0 Å². The van der Waals surface area contributed by atoms with Crippen molar-refractivity contribution in [1.29, 1.82) is 0 Å². The average molecular weight is 571 g/mol. The first kappa shape index (κ1) is 24.9. The minimum Gasteiger partial charge on any atom is -0.0616 e. The molecule has 10 rings (SSSR count). The Hall–Kier alpha value is -5.46. The van der Waals surface area contributed by atoms with Crippen molar-refractivity contribution in [2.45, 2.75) is 19.3 Å². The molecule has 9 aromatic carbocycles. The molecule has 210 valence electrons. The molecule has 0 saturated carbocycles. The molecule has 0 heterocycles. The van der Waals surface area contributed by atoms with Crippen molar-refractivity contribution in [3.63, 3.8) is 0 Å². The first-order valence-corrected chi connectivity index (χ1v) is 15.9. The monoisotopic (exact) mass is 570 g/mol. The fraction of sp³-hybridized carbons (Fsp3) is 0.0667. The molecular formula is C45H30. The van der Waals surface area contributed by atoms with E-state index in [-0.39, 0.29) is 5.41 Å². The summed E-state index contributed by atoms with van der Waals surface area (Å²) < 4.78 is 0. The Morgan fingerprint density at radius 2 is 0.933 bits per heavy atom. The summed E-state index contributed by atoms with van der Waals surface area (Å²) in [5.41, 5.74) is 10.6. The van der Waals surface area contributed by atoms with Crippen molar-refractivity contribution >= 4 is 53.9 Å². The fourth-order valence-corrected chi connectivity index (χ4v) is 8.54. The van der Waals surface area contributed by atoms with E-state index in [0.717, 1.165) is 0 Å². The van der Waals surface area contributed by atoms with Crippen LogP contribution < -0.4 is 0 Å². The van der Waals surface area contributed by atoms with Gasteiger partial charge in [0.1, 0.15) is 0 Å². The zero-order chi connectivity index (χ0) is 29.9. The third-order valence-electron chi connectivity index (χ3n) is 10.6. The molecule has 9 aromatic rings. The second-order valence-electron chi connectivity index (χ2n) is 13.3. The maximum Gasteiger partial charge on any atom is 0.0165 e. The Balaban J connectivity index is 1.17. The molecule has 0 saturated heterocycles. The highest BCUT2D eigenvalue weighted by Crippen LogP contribution is 2.53. The van der Waals surface area contributed by atoms with E-state index in [2.05, 4.69) is 159 Å². The Morgan fingerprint density at radius 3 is 1.80 bits per heavy atom. The van der Waals surface area contributed by atoms with E-state index in [1.54, 1.807) is 0 Å². The van der Waals surface area contributed by atoms with Gasteiger partial charge in [-0.2, -0.15) is 0 Å². The topological polar surface area (TPSA) is 0 Å². The summed E-state index contributed by atoms with van der Waals surface area (Å²) in [6.45, 7) is 4.82. The molecule has 0 heteroatoms. The van der Waals surface area contributed by atoms with Crippen molar-refractivity contribution in [2.75, 3.05) is 0 Å². The van der Waals surface area contributed by atoms with Crippen LogP contribution in [-0.4, -0.2) is 0 Å². The zero-order valence-corrected chi connectivity index (χ0v) is 25.4. The average Bonchev–Trinajstić information content (AvgIpc) is 3.32. The zero-order valence-electron chi connectivity index (χ0n) is 25.4. The Bertz CT molecular complexity index is 2650. The number of hydrogen-bond acceptors (Lipinski definition) is 0. The van der Waals surface area contributed by atoms with E-state index in [1.165, 1.54) is 98.4 Å². The Labute approximate surface area is 262 Å². The van der Waals surface area contributed by atoms with Crippen LogP contribution in [0.3, 0.4) is 0 Å². The summed E-state index contributed by atoms with van der Waals surface area (Å²) in [6, 6.07) is 54.6. The van der Waals surface area contributed by atoms with Gasteiger partial charge >= 0.3 is 0 Å². The van der Waals surface area contributed by atoms with E-state index in [4.69, 9.17) is 0 Å². The van der Waals surface area contributed by atoms with Crippen LogP contribution in [0.1, 0.15) is 25.0 Å². The predicted molar refractivity (Wildman–Crippen MR) is 194 cm³/mol. The van der Waals surface area contributed by atoms with E-state index in [0.29, 0.717) is 0 Å². The maximum atomic E-state index is 2.47. The number of fused-ring (bicyclic) bond motifs is 6. The molecule has 0 N–H and O–H groups in total. The SMILES string of the molecule is CC1(C)c2cc(-c3ccc4ccc5cccc6ccc3c4c56)ccc2-c2ccc3c(-c4cccc5ccccc45)cccc3c21. The summed E-state index contributed by atoms with van der Waals surface area (Å²) in [5.74, 6) is 0. The minimum atomic E-state index is -0.138. The molecule has 0 amide bonds. The lowest BCUT2D eigenvalue weighted by atomic mass is 9.78. The van der Waals surface area contributed by atoms with Crippen molar-refractivity contribution in [1.82, 2.24) is 0 Å². The molecule has 0 spiro atoms. The molecular weight excluding hydrogens is 540 g/mol. The highest BCUT2D eigenvalue weighted by Gasteiger charge is 2.37. The van der Waals surface area contributed by atoms with Gasteiger partial charge in [-0.05, 0) is 104 Å². The molecule has 0 bridgehead atoms. The summed E-state index contributed by atoms with van der Waals surface area (Å²) in [7, 11) is 0. The molecule has 0 nitrogen and oxygen atoms in total. The van der Waals surface area contributed by atoms with Gasteiger partial charge < -0.3 is 0 Å². The van der Waals surface area contributed by atoms with Gasteiger partial charge in [0, 0.05) is 5.41 Å². The third-order valence-corrected chi connectivity index (χ3v) is 10.6. The largest absolute Gasteiger partial charge is 0.0616 e. The Morgan fingerprint density at radius 1 is 0.356 bits per heavy atom. The predicted octanol–water partition coefficient (Wildman–Crippen LogP) is 12.5. The van der Waals surface area contributed by atoms with Crippen LogP contribution in [0.25, 0.3) is 87.2 Å². The lowest BCUT2D eigenvalue weighted by Gasteiger charge is -2.24. The number of rotatable bonds is 2. The van der Waals surface area contributed by atoms with Crippen LogP contribution in [0.15, 0.2) is 146 Å². The van der Waals surface area contributed by atoms with Gasteiger partial charge in [0.15, 0.2) is 0 Å². The van der Waals surface area contributed by atoms with Crippen molar-refractivity contribution < 1.29 is 0 Å². The van der Waals surface area contributed by atoms with Crippen LogP contribution >= 0.6 is 0 Å². The number of hydrogen-bond donors (Lipinski definition) is 0. The summed E-state index contributed by atoms with van der Waals surface area (Å²) in [6.07, 6.45) is 0. The third kappa shape index (κ3) is 3.32. The molecule has 0 aliphatic heterocycles. The van der Waals surface area contributed by atoms with Gasteiger partial charge in [-0.15, -0.1) is 0 Å². The van der Waals surface area contributed by atoms with Crippen LogP contribution in [0.2, 0.25) is 0 Å². The molecule has 1 aliphatic rings. The molecule has 0 aromatic heterocycles. The first-order chi connectivity index (χ1) is 22.1. The van der Waals surface area contributed by atoms with Gasteiger partial charge in [-0.3, -0.25) is 0 Å².